The van der Waals surface area contributed by atoms with Gasteiger partial charge in [-0.25, -0.2) is 0 Å². The van der Waals surface area contributed by atoms with Gasteiger partial charge in [-0.2, -0.15) is 0 Å². The monoisotopic (exact) mass is 201 g/mol. The summed E-state index contributed by atoms with van der Waals surface area (Å²) in [7, 11) is -5.17. The molecule has 0 aliphatic rings. The number of hydrogen-bond acceptors (Lipinski definition) is 5. The molecule has 7 heteroatoms. The van der Waals surface area contributed by atoms with Crippen LogP contribution in [0, 0.1) is 5.39 Å². The molecule has 0 unspecified atom stereocenters. The van der Waals surface area contributed by atoms with E-state index in [1.807, 2.05) is 18.2 Å². The van der Waals surface area contributed by atoms with Crippen molar-refractivity contribution in [2.24, 2.45) is 0 Å². The first-order chi connectivity index (χ1) is 5.93. The van der Waals surface area contributed by atoms with Gasteiger partial charge in [0.15, 0.2) is 4.98 Å². The Bertz CT molecular complexity index is 373. The van der Waals surface area contributed by atoms with E-state index in [9.17, 15) is 0 Å². The van der Waals surface area contributed by atoms with E-state index >= 15 is 0 Å². The zero-order chi connectivity index (χ0) is 10.3. The third kappa shape index (κ3) is 10.5. The molecule has 0 saturated heterocycles. The molecule has 0 aromatic heterocycles. The normalized spacial score (nSPS) is 9.31. The van der Waals surface area contributed by atoms with Gasteiger partial charge in [0, 0.05) is 22.5 Å². The molecule has 13 heavy (non-hydrogen) atoms. The largest absolute Gasteiger partial charge is 0.759 e. The Morgan fingerprint density at radius 2 is 1.54 bits per heavy atom. The number of hydrogen-bond donors (Lipinski definition) is 0. The zero-order valence-corrected chi connectivity index (χ0v) is 7.14. The van der Waals surface area contributed by atoms with Gasteiger partial charge in [0.05, 0.1) is 0 Å². The quantitative estimate of drug-likeness (QED) is 0.351. The van der Waals surface area contributed by atoms with Crippen molar-refractivity contribution in [3.63, 3.8) is 0 Å². The van der Waals surface area contributed by atoms with Crippen LogP contribution in [-0.2, 0) is 10.4 Å². The predicted molar refractivity (Wildman–Crippen MR) is 41.7 cm³/mol. The molecule has 0 bridgehead atoms. The van der Waals surface area contributed by atoms with Crippen LogP contribution in [0.4, 0.5) is 5.69 Å². The fourth-order valence-corrected chi connectivity index (χ4v) is 0.495. The molecule has 0 fully saturated rings. The van der Waals surface area contributed by atoms with E-state index in [4.69, 9.17) is 22.9 Å². The third-order valence-corrected chi connectivity index (χ3v) is 0.872. The molecule has 0 amide bonds. The molecule has 0 saturated carbocycles. The fraction of sp³-hybridized carbons (Fsp3) is 0. The van der Waals surface area contributed by atoms with Crippen molar-refractivity contribution in [2.75, 3.05) is 0 Å². The maximum absolute atomic E-state index is 8.52. The minimum Gasteiger partial charge on any atom is -0.759 e. The van der Waals surface area contributed by atoms with Crippen molar-refractivity contribution in [3.05, 3.63) is 35.3 Å². The summed E-state index contributed by atoms with van der Waals surface area (Å²) >= 11 is 0. The molecule has 0 radical (unpaired) electrons. The van der Waals surface area contributed by atoms with Crippen molar-refractivity contribution in [1.29, 1.82) is 5.39 Å². The van der Waals surface area contributed by atoms with Gasteiger partial charge in [-0.05, 0) is 0 Å². The Morgan fingerprint density at radius 1 is 1.15 bits per heavy atom. The molecule has 0 heterocycles. The molecule has 0 aliphatic heterocycles. The van der Waals surface area contributed by atoms with Crippen molar-refractivity contribution in [2.45, 2.75) is 0 Å². The molecule has 1 aromatic rings. The Hall–Kier alpha value is -1.49. The molecule has 1 aromatic carbocycles. The SMILES string of the molecule is N#[N+]c1ccccc1.O=S(=O)([O-])[O-]. The lowest BCUT2D eigenvalue weighted by Gasteiger charge is -2.06. The third-order valence-electron chi connectivity index (χ3n) is 0.872. The summed E-state index contributed by atoms with van der Waals surface area (Å²) in [4.78, 5) is 2.97. The van der Waals surface area contributed by atoms with E-state index in [1.54, 1.807) is 12.1 Å². The standard InChI is InChI=1S/C6H5N2.H2O4S/c7-8-6-4-2-1-3-5-6;1-5(2,3)4/h1-5H;(H2,1,2,3,4)/q+1;/p-2. The van der Waals surface area contributed by atoms with Crippen molar-refractivity contribution < 1.29 is 17.5 Å². The van der Waals surface area contributed by atoms with Gasteiger partial charge in [0.25, 0.3) is 0 Å². The summed E-state index contributed by atoms with van der Waals surface area (Å²) < 4.78 is 34.1. The molecular weight excluding hydrogens is 196 g/mol. The molecular formula is C6H5N2O4S-. The summed E-state index contributed by atoms with van der Waals surface area (Å²) in [5, 5.41) is 8.16. The highest BCUT2D eigenvalue weighted by atomic mass is 32.3. The van der Waals surface area contributed by atoms with Crippen LogP contribution in [0.1, 0.15) is 0 Å². The van der Waals surface area contributed by atoms with Gasteiger partial charge >= 0.3 is 5.69 Å². The smallest absolute Gasteiger partial charge is 0.385 e. The molecule has 0 atom stereocenters. The summed E-state index contributed by atoms with van der Waals surface area (Å²) in [5.74, 6) is 0. The minimum atomic E-state index is -5.17. The number of diazo groups is 1. The van der Waals surface area contributed by atoms with Gasteiger partial charge < -0.3 is 9.11 Å². The second-order valence-corrected chi connectivity index (χ2v) is 2.66. The van der Waals surface area contributed by atoms with Crippen LogP contribution in [0.2, 0.25) is 0 Å². The average molecular weight is 201 g/mol. The lowest BCUT2D eigenvalue weighted by Crippen LogP contribution is -1.91. The van der Waals surface area contributed by atoms with Gasteiger partial charge in [0.1, 0.15) is 0 Å². The van der Waals surface area contributed by atoms with E-state index in [0.29, 0.717) is 5.69 Å². The van der Waals surface area contributed by atoms with Crippen LogP contribution in [-0.4, -0.2) is 17.5 Å². The van der Waals surface area contributed by atoms with Crippen LogP contribution in [0.3, 0.4) is 0 Å². The number of nitrogens with zero attached hydrogens (tertiary/aromatic N) is 2. The maximum Gasteiger partial charge on any atom is 0.385 e. The lowest BCUT2D eigenvalue weighted by molar-refractivity contribution is 0.352. The molecule has 6 nitrogen and oxygen atoms in total. The Kier molecular flexibility index (Phi) is 4.61. The number of benzene rings is 1. The highest BCUT2D eigenvalue weighted by molar-refractivity contribution is 7.79. The summed E-state index contributed by atoms with van der Waals surface area (Å²) in [5.41, 5.74) is 0.590. The van der Waals surface area contributed by atoms with E-state index in [2.05, 4.69) is 4.98 Å². The molecule has 0 aliphatic carbocycles. The van der Waals surface area contributed by atoms with E-state index in [-0.39, 0.29) is 0 Å². The van der Waals surface area contributed by atoms with Gasteiger partial charge in [-0.3, -0.25) is 8.42 Å². The Labute approximate surface area is 75.0 Å². The van der Waals surface area contributed by atoms with E-state index in [1.165, 1.54) is 0 Å². The minimum absolute atomic E-state index is 0.590. The van der Waals surface area contributed by atoms with Crippen LogP contribution in [0.25, 0.3) is 4.98 Å². The fourth-order valence-electron chi connectivity index (χ4n) is 0.495. The van der Waals surface area contributed by atoms with E-state index in [0.717, 1.165) is 0 Å². The Morgan fingerprint density at radius 3 is 1.77 bits per heavy atom. The highest BCUT2D eigenvalue weighted by Gasteiger charge is 1.95. The Balaban J connectivity index is 0.000000252. The first-order valence-electron chi connectivity index (χ1n) is 3.00. The average Bonchev–Trinajstić information content (AvgIpc) is 2.03. The van der Waals surface area contributed by atoms with Crippen LogP contribution < -0.4 is 0 Å². The van der Waals surface area contributed by atoms with Crippen molar-refractivity contribution in [1.82, 2.24) is 0 Å². The van der Waals surface area contributed by atoms with Crippen LogP contribution in [0.5, 0.6) is 0 Å². The first-order valence-corrected chi connectivity index (χ1v) is 4.33. The first kappa shape index (κ1) is 11.5. The molecule has 1 rings (SSSR count). The lowest BCUT2D eigenvalue weighted by atomic mass is 10.3. The molecule has 0 spiro atoms. The van der Waals surface area contributed by atoms with E-state index < -0.39 is 10.4 Å². The number of rotatable bonds is 0. The molecule has 70 valence electrons. The van der Waals surface area contributed by atoms with Gasteiger partial charge in [0.2, 0.25) is 5.39 Å². The molecule has 0 N–H and O–H groups in total. The van der Waals surface area contributed by atoms with Gasteiger partial charge in [-0.15, -0.1) is 0 Å². The van der Waals surface area contributed by atoms with Crippen LogP contribution >= 0.6 is 0 Å². The van der Waals surface area contributed by atoms with Crippen LogP contribution in [0.15, 0.2) is 30.3 Å². The van der Waals surface area contributed by atoms with Crippen molar-refractivity contribution >= 4 is 16.1 Å². The zero-order valence-electron chi connectivity index (χ0n) is 6.32. The highest BCUT2D eigenvalue weighted by Crippen LogP contribution is 2.07. The maximum atomic E-state index is 8.52. The van der Waals surface area contributed by atoms with Crippen molar-refractivity contribution in [3.8, 4) is 0 Å². The summed E-state index contributed by atoms with van der Waals surface area (Å²) in [6, 6.07) is 8.94. The van der Waals surface area contributed by atoms with Gasteiger partial charge in [-0.1, -0.05) is 18.2 Å². The second-order valence-electron chi connectivity index (χ2n) is 1.84. The summed E-state index contributed by atoms with van der Waals surface area (Å²) in [6.07, 6.45) is 0. The second kappa shape index (κ2) is 5.21. The summed E-state index contributed by atoms with van der Waals surface area (Å²) in [6.45, 7) is 0. The predicted octanol–water partition coefficient (Wildman–Crippen LogP) is 0.833. The topological polar surface area (TPSA) is 108 Å².